The van der Waals surface area contributed by atoms with Crippen LogP contribution in [0.2, 0.25) is 0 Å². The second-order valence-electron chi connectivity index (χ2n) is 5.58. The van der Waals surface area contributed by atoms with E-state index in [0.29, 0.717) is 0 Å². The van der Waals surface area contributed by atoms with Crippen molar-refractivity contribution in [1.29, 1.82) is 0 Å². The predicted molar refractivity (Wildman–Crippen MR) is 79.1 cm³/mol. The fraction of sp³-hybridized carbons (Fsp3) is 0.562. The summed E-state index contributed by atoms with van der Waals surface area (Å²) in [4.78, 5) is 4.76. The normalized spacial score (nSPS) is 15.2. The SMILES string of the molecule is CCCn1c(CNCCC2CC2)nc2ccccc21. The summed E-state index contributed by atoms with van der Waals surface area (Å²) in [6.07, 6.45) is 5.36. The molecule has 0 aliphatic heterocycles. The number of rotatable bonds is 7. The van der Waals surface area contributed by atoms with Crippen LogP contribution in [0, 0.1) is 5.92 Å². The predicted octanol–water partition coefficient (Wildman–Crippen LogP) is 3.34. The van der Waals surface area contributed by atoms with Crippen molar-refractivity contribution in [2.24, 2.45) is 5.92 Å². The Hall–Kier alpha value is -1.35. The van der Waals surface area contributed by atoms with E-state index < -0.39 is 0 Å². The van der Waals surface area contributed by atoms with Gasteiger partial charge in [-0.3, -0.25) is 0 Å². The van der Waals surface area contributed by atoms with Gasteiger partial charge >= 0.3 is 0 Å². The first kappa shape index (κ1) is 12.7. The molecular weight excluding hydrogens is 234 g/mol. The number of nitrogens with one attached hydrogen (secondary N) is 1. The van der Waals surface area contributed by atoms with Crippen LogP contribution in [-0.2, 0) is 13.1 Å². The highest BCUT2D eigenvalue weighted by molar-refractivity contribution is 5.75. The maximum absolute atomic E-state index is 4.76. The van der Waals surface area contributed by atoms with Crippen LogP contribution in [0.1, 0.15) is 38.4 Å². The summed E-state index contributed by atoms with van der Waals surface area (Å²) in [5, 5.41) is 3.55. The summed E-state index contributed by atoms with van der Waals surface area (Å²) in [7, 11) is 0. The zero-order valence-corrected chi connectivity index (χ0v) is 11.7. The molecule has 0 radical (unpaired) electrons. The van der Waals surface area contributed by atoms with E-state index in [4.69, 9.17) is 4.98 Å². The standard InChI is InChI=1S/C16H23N3/c1-2-11-19-15-6-4-3-5-14(15)18-16(19)12-17-10-9-13-7-8-13/h3-6,13,17H,2,7-12H2,1H3. The highest BCUT2D eigenvalue weighted by atomic mass is 15.1. The quantitative estimate of drug-likeness (QED) is 0.771. The molecule has 0 saturated heterocycles. The topological polar surface area (TPSA) is 29.9 Å². The molecule has 1 fully saturated rings. The van der Waals surface area contributed by atoms with Crippen molar-refractivity contribution in [3.8, 4) is 0 Å². The summed E-state index contributed by atoms with van der Waals surface area (Å²) >= 11 is 0. The number of aromatic nitrogens is 2. The Labute approximate surface area is 115 Å². The lowest BCUT2D eigenvalue weighted by Gasteiger charge is -2.08. The molecule has 102 valence electrons. The molecule has 1 heterocycles. The molecule has 0 unspecified atom stereocenters. The van der Waals surface area contributed by atoms with E-state index in [1.54, 1.807) is 0 Å². The number of hydrogen-bond donors (Lipinski definition) is 1. The van der Waals surface area contributed by atoms with Crippen molar-refractivity contribution in [2.45, 2.75) is 45.7 Å². The lowest BCUT2D eigenvalue weighted by molar-refractivity contribution is 0.570. The highest BCUT2D eigenvalue weighted by Gasteiger charge is 2.20. The smallest absolute Gasteiger partial charge is 0.123 e. The largest absolute Gasteiger partial charge is 0.327 e. The van der Waals surface area contributed by atoms with Crippen molar-refractivity contribution in [2.75, 3.05) is 6.54 Å². The average molecular weight is 257 g/mol. The van der Waals surface area contributed by atoms with Gasteiger partial charge in [0.1, 0.15) is 5.82 Å². The molecule has 1 N–H and O–H groups in total. The van der Waals surface area contributed by atoms with Crippen LogP contribution in [0.5, 0.6) is 0 Å². The molecule has 0 amide bonds. The first-order chi connectivity index (χ1) is 9.38. The Morgan fingerprint density at radius 1 is 1.32 bits per heavy atom. The molecule has 3 nitrogen and oxygen atoms in total. The van der Waals surface area contributed by atoms with Gasteiger partial charge in [-0.1, -0.05) is 31.9 Å². The van der Waals surface area contributed by atoms with E-state index in [1.807, 2.05) is 0 Å². The minimum atomic E-state index is 0.890. The minimum absolute atomic E-state index is 0.890. The van der Waals surface area contributed by atoms with Gasteiger partial charge < -0.3 is 9.88 Å². The van der Waals surface area contributed by atoms with Crippen LogP contribution in [0.4, 0.5) is 0 Å². The zero-order valence-electron chi connectivity index (χ0n) is 11.7. The van der Waals surface area contributed by atoms with E-state index >= 15 is 0 Å². The molecule has 1 aliphatic rings. The molecule has 3 rings (SSSR count). The third kappa shape index (κ3) is 2.98. The average Bonchev–Trinajstić information content (AvgIpc) is 3.19. The fourth-order valence-electron chi connectivity index (χ4n) is 2.65. The number of hydrogen-bond acceptors (Lipinski definition) is 2. The summed E-state index contributed by atoms with van der Waals surface area (Å²) < 4.78 is 2.36. The molecule has 1 saturated carbocycles. The van der Waals surface area contributed by atoms with Gasteiger partial charge in [0.15, 0.2) is 0 Å². The van der Waals surface area contributed by atoms with Gasteiger partial charge in [-0.25, -0.2) is 4.98 Å². The lowest BCUT2D eigenvalue weighted by Crippen LogP contribution is -2.18. The zero-order chi connectivity index (χ0) is 13.1. The van der Waals surface area contributed by atoms with Crippen LogP contribution < -0.4 is 5.32 Å². The van der Waals surface area contributed by atoms with Crippen molar-refractivity contribution in [3.05, 3.63) is 30.1 Å². The maximum atomic E-state index is 4.76. The Bertz CT molecular complexity index is 540. The van der Waals surface area contributed by atoms with Gasteiger partial charge in [-0.05, 0) is 37.4 Å². The molecule has 1 aliphatic carbocycles. The molecule has 0 spiro atoms. The number of nitrogens with zero attached hydrogens (tertiary/aromatic N) is 2. The number of imidazole rings is 1. The van der Waals surface area contributed by atoms with Crippen molar-refractivity contribution >= 4 is 11.0 Å². The molecule has 3 heteroatoms. The Morgan fingerprint density at radius 2 is 2.16 bits per heavy atom. The summed E-state index contributed by atoms with van der Waals surface area (Å²) in [6, 6.07) is 8.44. The Balaban J connectivity index is 1.70. The van der Waals surface area contributed by atoms with Crippen molar-refractivity contribution in [1.82, 2.24) is 14.9 Å². The third-order valence-electron chi connectivity index (χ3n) is 3.89. The molecule has 2 aromatic rings. The second-order valence-corrected chi connectivity index (χ2v) is 5.58. The van der Waals surface area contributed by atoms with Gasteiger partial charge in [0.25, 0.3) is 0 Å². The molecular formula is C16H23N3. The number of fused-ring (bicyclic) bond motifs is 1. The van der Waals surface area contributed by atoms with Crippen molar-refractivity contribution in [3.63, 3.8) is 0 Å². The van der Waals surface area contributed by atoms with Gasteiger partial charge in [-0.15, -0.1) is 0 Å². The monoisotopic (exact) mass is 257 g/mol. The van der Waals surface area contributed by atoms with E-state index in [9.17, 15) is 0 Å². The van der Waals surface area contributed by atoms with Crippen LogP contribution in [0.25, 0.3) is 11.0 Å². The molecule has 0 bridgehead atoms. The Morgan fingerprint density at radius 3 is 2.95 bits per heavy atom. The first-order valence-corrected chi connectivity index (χ1v) is 7.53. The Kier molecular flexibility index (Phi) is 3.83. The van der Waals surface area contributed by atoms with Gasteiger partial charge in [0.05, 0.1) is 17.6 Å². The molecule has 1 aromatic carbocycles. The van der Waals surface area contributed by atoms with Gasteiger partial charge in [0, 0.05) is 6.54 Å². The third-order valence-corrected chi connectivity index (χ3v) is 3.89. The van der Waals surface area contributed by atoms with E-state index in [2.05, 4.69) is 41.1 Å². The summed E-state index contributed by atoms with van der Waals surface area (Å²) in [5.41, 5.74) is 2.39. The van der Waals surface area contributed by atoms with Crippen LogP contribution >= 0.6 is 0 Å². The summed E-state index contributed by atoms with van der Waals surface area (Å²) in [6.45, 7) is 5.29. The molecule has 1 aromatic heterocycles. The van der Waals surface area contributed by atoms with Crippen LogP contribution in [0.3, 0.4) is 0 Å². The van der Waals surface area contributed by atoms with Gasteiger partial charge in [-0.2, -0.15) is 0 Å². The molecule has 19 heavy (non-hydrogen) atoms. The van der Waals surface area contributed by atoms with E-state index in [0.717, 1.165) is 37.5 Å². The number of benzene rings is 1. The molecule has 0 atom stereocenters. The van der Waals surface area contributed by atoms with Crippen LogP contribution in [0.15, 0.2) is 24.3 Å². The van der Waals surface area contributed by atoms with E-state index in [1.165, 1.54) is 30.6 Å². The minimum Gasteiger partial charge on any atom is -0.327 e. The number of para-hydroxylation sites is 2. The first-order valence-electron chi connectivity index (χ1n) is 7.53. The van der Waals surface area contributed by atoms with E-state index in [-0.39, 0.29) is 0 Å². The van der Waals surface area contributed by atoms with Gasteiger partial charge in [0.2, 0.25) is 0 Å². The summed E-state index contributed by atoms with van der Waals surface area (Å²) in [5.74, 6) is 2.18. The highest BCUT2D eigenvalue weighted by Crippen LogP contribution is 2.31. The van der Waals surface area contributed by atoms with Crippen molar-refractivity contribution < 1.29 is 0 Å². The fourth-order valence-corrected chi connectivity index (χ4v) is 2.65. The maximum Gasteiger partial charge on any atom is 0.123 e. The van der Waals surface area contributed by atoms with Crippen LogP contribution in [-0.4, -0.2) is 16.1 Å². The second kappa shape index (κ2) is 5.74. The lowest BCUT2D eigenvalue weighted by atomic mass is 10.3. The number of aryl methyl sites for hydroxylation is 1.